The average Bonchev–Trinajstić information content (AvgIpc) is 3.19. The van der Waals surface area contributed by atoms with Crippen LogP contribution in [0, 0.1) is 0 Å². The van der Waals surface area contributed by atoms with Gasteiger partial charge in [0.1, 0.15) is 22.9 Å². The van der Waals surface area contributed by atoms with Crippen LogP contribution in [0.25, 0.3) is 0 Å². The second-order valence-electron chi connectivity index (χ2n) is 7.23. The van der Waals surface area contributed by atoms with E-state index in [1.165, 1.54) is 25.3 Å². The molecule has 2 atom stereocenters. The van der Waals surface area contributed by atoms with E-state index in [0.717, 1.165) is 10.9 Å². The lowest BCUT2D eigenvalue weighted by Gasteiger charge is -2.34. The molecule has 1 amide bonds. The summed E-state index contributed by atoms with van der Waals surface area (Å²) in [7, 11) is 1.47. The number of anilines is 2. The van der Waals surface area contributed by atoms with Gasteiger partial charge in [-0.05, 0) is 35.9 Å². The summed E-state index contributed by atoms with van der Waals surface area (Å²) in [6.07, 6.45) is -3.84. The highest BCUT2D eigenvalue weighted by atomic mass is 35.5. The van der Waals surface area contributed by atoms with Gasteiger partial charge in [-0.25, -0.2) is 4.68 Å². The molecule has 0 saturated heterocycles. The summed E-state index contributed by atoms with van der Waals surface area (Å²) in [6.45, 7) is 0. The maximum absolute atomic E-state index is 13.8. The van der Waals surface area contributed by atoms with Crippen LogP contribution in [0.2, 0.25) is 5.02 Å². The molecule has 0 saturated carbocycles. The first-order valence-electron chi connectivity index (χ1n) is 9.52. The van der Waals surface area contributed by atoms with Crippen molar-refractivity contribution in [2.24, 2.45) is 0 Å². The number of halogens is 4. The molecule has 2 aromatic carbocycles. The lowest BCUT2D eigenvalue weighted by molar-refractivity contribution is -0.173. The Balaban J connectivity index is 1.71. The van der Waals surface area contributed by atoms with E-state index in [-0.39, 0.29) is 34.3 Å². The van der Waals surface area contributed by atoms with E-state index in [1.54, 1.807) is 24.3 Å². The van der Waals surface area contributed by atoms with Crippen molar-refractivity contribution in [2.75, 3.05) is 17.7 Å². The number of hydrogen-bond donors (Lipinski definition) is 3. The Hall–Kier alpha value is -3.40. The zero-order valence-electron chi connectivity index (χ0n) is 16.7. The van der Waals surface area contributed by atoms with Crippen molar-refractivity contribution in [3.63, 3.8) is 0 Å². The van der Waals surface area contributed by atoms with Crippen LogP contribution in [0.3, 0.4) is 0 Å². The predicted molar refractivity (Wildman–Crippen MR) is 112 cm³/mol. The number of alkyl halides is 3. The number of fused-ring (bicyclic) bond motifs is 1. The zero-order chi connectivity index (χ0) is 23.0. The number of methoxy groups -OCH3 is 1. The van der Waals surface area contributed by atoms with Crippen molar-refractivity contribution in [1.82, 2.24) is 9.78 Å². The maximum Gasteiger partial charge on any atom is 0.410 e. The van der Waals surface area contributed by atoms with Gasteiger partial charge < -0.3 is 20.5 Å². The van der Waals surface area contributed by atoms with Gasteiger partial charge in [0.25, 0.3) is 5.91 Å². The second kappa shape index (κ2) is 8.27. The second-order valence-corrected chi connectivity index (χ2v) is 7.67. The van der Waals surface area contributed by atoms with Gasteiger partial charge in [-0.1, -0.05) is 23.7 Å². The summed E-state index contributed by atoms with van der Waals surface area (Å²) < 4.78 is 47.5. The number of hydrogen-bond acceptors (Lipinski definition) is 5. The lowest BCUT2D eigenvalue weighted by Crippen LogP contribution is -2.36. The maximum atomic E-state index is 13.8. The Morgan fingerprint density at radius 2 is 2.09 bits per heavy atom. The van der Waals surface area contributed by atoms with E-state index in [2.05, 4.69) is 15.7 Å². The summed E-state index contributed by atoms with van der Waals surface area (Å²) in [5.41, 5.74) is 0.492. The summed E-state index contributed by atoms with van der Waals surface area (Å²) in [5, 5.41) is 19.5. The largest absolute Gasteiger partial charge is 0.506 e. The number of phenols is 1. The van der Waals surface area contributed by atoms with Gasteiger partial charge in [0.2, 0.25) is 0 Å². The number of carbonyl (C=O) groups excluding carboxylic acids is 1. The van der Waals surface area contributed by atoms with Crippen LogP contribution in [-0.4, -0.2) is 34.1 Å². The average molecular weight is 467 g/mol. The third kappa shape index (κ3) is 4.18. The van der Waals surface area contributed by atoms with Gasteiger partial charge in [-0.15, -0.1) is 0 Å². The molecule has 3 N–H and O–H groups in total. The first-order chi connectivity index (χ1) is 15.2. The molecule has 1 aliphatic rings. The Labute approximate surface area is 185 Å². The third-order valence-electron chi connectivity index (χ3n) is 5.19. The smallest absolute Gasteiger partial charge is 0.410 e. The molecule has 2 unspecified atom stereocenters. The van der Waals surface area contributed by atoms with E-state index in [9.17, 15) is 23.1 Å². The molecular formula is C21H18ClF3N4O3. The highest BCUT2D eigenvalue weighted by Crippen LogP contribution is 2.44. The number of rotatable bonds is 4. The van der Waals surface area contributed by atoms with Crippen LogP contribution in [0.4, 0.5) is 24.7 Å². The van der Waals surface area contributed by atoms with Crippen molar-refractivity contribution >= 4 is 29.0 Å². The zero-order valence-corrected chi connectivity index (χ0v) is 17.4. The predicted octanol–water partition coefficient (Wildman–Crippen LogP) is 5.16. The van der Waals surface area contributed by atoms with Crippen LogP contribution in [-0.2, 0) is 0 Å². The van der Waals surface area contributed by atoms with Crippen LogP contribution >= 0.6 is 11.6 Å². The number of ether oxygens (including phenoxy) is 1. The van der Waals surface area contributed by atoms with Crippen molar-refractivity contribution in [1.29, 1.82) is 0 Å². The fraction of sp³-hybridized carbons (Fsp3) is 0.238. The number of nitrogens with one attached hydrogen (secondary N) is 2. The summed E-state index contributed by atoms with van der Waals surface area (Å²) in [6, 6.07) is 8.07. The van der Waals surface area contributed by atoms with Crippen LogP contribution in [0.5, 0.6) is 11.5 Å². The van der Waals surface area contributed by atoms with Gasteiger partial charge >= 0.3 is 6.18 Å². The Morgan fingerprint density at radius 3 is 2.81 bits per heavy atom. The molecule has 168 valence electrons. The molecule has 1 aromatic heterocycles. The first kappa shape index (κ1) is 21.8. The number of phenolic OH excluding ortho intramolecular Hbond substituents is 1. The Morgan fingerprint density at radius 1 is 1.31 bits per heavy atom. The highest BCUT2D eigenvalue weighted by Gasteiger charge is 2.47. The number of nitrogens with zero attached hydrogens (tertiary/aromatic N) is 2. The molecule has 11 heteroatoms. The topological polar surface area (TPSA) is 88.4 Å². The molecule has 0 aliphatic carbocycles. The van der Waals surface area contributed by atoms with Gasteiger partial charge in [0.15, 0.2) is 6.04 Å². The van der Waals surface area contributed by atoms with E-state index < -0.39 is 24.2 Å². The molecule has 32 heavy (non-hydrogen) atoms. The quantitative estimate of drug-likeness (QED) is 0.462. The van der Waals surface area contributed by atoms with Crippen LogP contribution in [0.15, 0.2) is 48.7 Å². The normalized spacial score (nSPS) is 17.9. The lowest BCUT2D eigenvalue weighted by atomic mass is 9.96. The number of amides is 1. The van der Waals surface area contributed by atoms with E-state index >= 15 is 0 Å². The first-order valence-corrected chi connectivity index (χ1v) is 9.89. The molecule has 4 rings (SSSR count). The van der Waals surface area contributed by atoms with Crippen molar-refractivity contribution < 1.29 is 27.8 Å². The molecule has 0 fully saturated rings. The molecular weight excluding hydrogens is 449 g/mol. The number of aromatic nitrogens is 2. The van der Waals surface area contributed by atoms with E-state index in [1.807, 2.05) is 0 Å². The van der Waals surface area contributed by atoms with E-state index in [0.29, 0.717) is 11.3 Å². The Bertz CT molecular complexity index is 1170. The minimum absolute atomic E-state index is 0.0231. The SMILES string of the molecule is COc1cccc(C2CC(C(F)(F)F)n3ncc(C(=O)Nc4cc(Cl)ccc4O)c3N2)c1. The van der Waals surface area contributed by atoms with Crippen LogP contribution < -0.4 is 15.4 Å². The number of benzene rings is 2. The standard InChI is InChI=1S/C21H18ClF3N4O3/c1-32-13-4-2-3-11(7-13)15-9-18(21(23,24)25)29-19(27-15)14(10-26-29)20(31)28-16-8-12(22)5-6-17(16)30/h2-8,10,15,18,27,30H,9H2,1H3,(H,28,31). The summed E-state index contributed by atoms with van der Waals surface area (Å²) in [4.78, 5) is 12.9. The molecule has 0 spiro atoms. The number of carbonyl (C=O) groups is 1. The number of aromatic hydroxyl groups is 1. The fourth-order valence-electron chi connectivity index (χ4n) is 3.60. The molecule has 3 aromatic rings. The van der Waals surface area contributed by atoms with Crippen molar-refractivity contribution in [3.8, 4) is 11.5 Å². The summed E-state index contributed by atoms with van der Waals surface area (Å²) >= 11 is 5.90. The van der Waals surface area contributed by atoms with Crippen LogP contribution in [0.1, 0.15) is 34.4 Å². The summed E-state index contributed by atoms with van der Waals surface area (Å²) in [5.74, 6) is -0.561. The van der Waals surface area contributed by atoms with Gasteiger partial charge in [0.05, 0.1) is 25.0 Å². The Kier molecular flexibility index (Phi) is 5.64. The van der Waals surface area contributed by atoms with Gasteiger partial charge in [0, 0.05) is 11.4 Å². The van der Waals surface area contributed by atoms with Crippen molar-refractivity contribution in [2.45, 2.75) is 24.7 Å². The van der Waals surface area contributed by atoms with E-state index in [4.69, 9.17) is 16.3 Å². The fourth-order valence-corrected chi connectivity index (χ4v) is 3.78. The van der Waals surface area contributed by atoms with Gasteiger partial charge in [-0.2, -0.15) is 18.3 Å². The minimum Gasteiger partial charge on any atom is -0.506 e. The third-order valence-corrected chi connectivity index (χ3v) is 5.42. The molecule has 0 bridgehead atoms. The molecule has 2 heterocycles. The molecule has 0 radical (unpaired) electrons. The molecule has 7 nitrogen and oxygen atoms in total. The highest BCUT2D eigenvalue weighted by molar-refractivity contribution is 6.31. The molecule has 1 aliphatic heterocycles. The van der Waals surface area contributed by atoms with Gasteiger partial charge in [-0.3, -0.25) is 4.79 Å². The monoisotopic (exact) mass is 466 g/mol. The minimum atomic E-state index is -4.58. The van der Waals surface area contributed by atoms with Crippen molar-refractivity contribution in [3.05, 3.63) is 64.8 Å².